The highest BCUT2D eigenvalue weighted by Crippen LogP contribution is 2.20. The first-order chi connectivity index (χ1) is 6.20. The predicted molar refractivity (Wildman–Crippen MR) is 46.6 cm³/mol. The van der Waals surface area contributed by atoms with Gasteiger partial charge in [-0.05, 0) is 11.6 Å². The van der Waals surface area contributed by atoms with Crippen molar-refractivity contribution < 1.29 is 9.50 Å². The van der Waals surface area contributed by atoms with Gasteiger partial charge in [0.05, 0.1) is 5.56 Å². The molecule has 0 fully saturated rings. The number of hydrogen-bond acceptors (Lipinski definition) is 2. The minimum absolute atomic E-state index is 0.0315. The van der Waals surface area contributed by atoms with E-state index in [4.69, 9.17) is 10.4 Å². The molecule has 3 heteroatoms. The van der Waals surface area contributed by atoms with E-state index in [2.05, 4.69) is 0 Å². The number of aliphatic hydroxyl groups is 1. The highest BCUT2D eigenvalue weighted by Gasteiger charge is 2.12. The molecule has 0 aromatic heterocycles. The van der Waals surface area contributed by atoms with Crippen LogP contribution < -0.4 is 0 Å². The zero-order chi connectivity index (χ0) is 9.84. The number of benzene rings is 1. The Hall–Kier alpha value is -1.40. The zero-order valence-corrected chi connectivity index (χ0v) is 7.29. The molecule has 0 saturated heterocycles. The second-order valence-electron chi connectivity index (χ2n) is 2.90. The van der Waals surface area contributed by atoms with Gasteiger partial charge in [0.25, 0.3) is 0 Å². The maximum absolute atomic E-state index is 13.0. The fourth-order valence-corrected chi connectivity index (χ4v) is 1.17. The van der Waals surface area contributed by atoms with E-state index in [9.17, 15) is 4.39 Å². The van der Waals surface area contributed by atoms with Crippen molar-refractivity contribution in [3.63, 3.8) is 0 Å². The molecule has 1 N–H and O–H groups in total. The van der Waals surface area contributed by atoms with Crippen molar-refractivity contribution in [2.45, 2.75) is 12.8 Å². The van der Waals surface area contributed by atoms with Gasteiger partial charge >= 0.3 is 0 Å². The Bertz CT molecular complexity index is 343. The molecule has 13 heavy (non-hydrogen) atoms. The quantitative estimate of drug-likeness (QED) is 0.752. The predicted octanol–water partition coefficient (Wildman–Crippen LogP) is 1.79. The Kier molecular flexibility index (Phi) is 2.99. The van der Waals surface area contributed by atoms with Crippen molar-refractivity contribution >= 4 is 0 Å². The number of rotatable bonds is 2. The van der Waals surface area contributed by atoms with Crippen molar-refractivity contribution in [1.29, 1.82) is 5.26 Å². The van der Waals surface area contributed by atoms with Gasteiger partial charge in [-0.25, -0.2) is 4.39 Å². The largest absolute Gasteiger partial charge is 0.396 e. The Labute approximate surface area is 76.2 Å². The van der Waals surface area contributed by atoms with E-state index in [0.29, 0.717) is 5.56 Å². The molecule has 0 amide bonds. The molecule has 1 aromatic rings. The van der Waals surface area contributed by atoms with E-state index in [1.165, 1.54) is 12.1 Å². The molecule has 2 nitrogen and oxygen atoms in total. The van der Waals surface area contributed by atoms with Gasteiger partial charge in [-0.2, -0.15) is 5.26 Å². The summed E-state index contributed by atoms with van der Waals surface area (Å²) in [6, 6.07) is 6.23. The van der Waals surface area contributed by atoms with Crippen LogP contribution in [-0.4, -0.2) is 11.7 Å². The van der Waals surface area contributed by atoms with Crippen LogP contribution in [0.4, 0.5) is 4.39 Å². The van der Waals surface area contributed by atoms with E-state index in [1.807, 2.05) is 0 Å². The minimum atomic E-state index is -0.527. The molecule has 68 valence electrons. The summed E-state index contributed by atoms with van der Waals surface area (Å²) in [5, 5.41) is 17.5. The number of aliphatic hydroxyl groups excluding tert-OH is 1. The fraction of sp³-hybridized carbons (Fsp3) is 0.300. The van der Waals surface area contributed by atoms with Gasteiger partial charge in [0.15, 0.2) is 0 Å². The molecule has 0 radical (unpaired) electrons. The van der Waals surface area contributed by atoms with Crippen molar-refractivity contribution in [3.05, 3.63) is 35.1 Å². The third-order valence-corrected chi connectivity index (χ3v) is 1.96. The van der Waals surface area contributed by atoms with E-state index >= 15 is 0 Å². The molecule has 1 rings (SSSR count). The Morgan fingerprint density at radius 1 is 1.62 bits per heavy atom. The fourth-order valence-electron chi connectivity index (χ4n) is 1.17. The van der Waals surface area contributed by atoms with Crippen LogP contribution >= 0.6 is 0 Å². The Balaban J connectivity index is 3.22. The Morgan fingerprint density at radius 3 is 2.85 bits per heavy atom. The smallest absolute Gasteiger partial charge is 0.141 e. The molecule has 0 saturated carbocycles. The highest BCUT2D eigenvalue weighted by molar-refractivity contribution is 5.40. The number of nitrogens with zero attached hydrogens (tertiary/aromatic N) is 1. The van der Waals surface area contributed by atoms with Gasteiger partial charge < -0.3 is 5.11 Å². The first kappa shape index (κ1) is 9.69. The Morgan fingerprint density at radius 2 is 2.31 bits per heavy atom. The summed E-state index contributed by atoms with van der Waals surface area (Å²) in [7, 11) is 0. The molecular formula is C10H10FNO. The van der Waals surface area contributed by atoms with Crippen LogP contribution in [0.1, 0.15) is 24.0 Å². The average Bonchev–Trinajstić information content (AvgIpc) is 2.16. The van der Waals surface area contributed by atoms with E-state index in [0.717, 1.165) is 0 Å². The average molecular weight is 179 g/mol. The van der Waals surface area contributed by atoms with E-state index in [1.54, 1.807) is 19.1 Å². The summed E-state index contributed by atoms with van der Waals surface area (Å²) in [6.07, 6.45) is 0. The van der Waals surface area contributed by atoms with Crippen LogP contribution in [-0.2, 0) is 0 Å². The second-order valence-corrected chi connectivity index (χ2v) is 2.90. The third kappa shape index (κ3) is 1.85. The van der Waals surface area contributed by atoms with Gasteiger partial charge in [-0.1, -0.05) is 19.1 Å². The first-order valence-electron chi connectivity index (χ1n) is 4.00. The van der Waals surface area contributed by atoms with E-state index < -0.39 is 5.82 Å². The zero-order valence-electron chi connectivity index (χ0n) is 7.29. The molecule has 0 bridgehead atoms. The lowest BCUT2D eigenvalue weighted by Crippen LogP contribution is -2.03. The van der Waals surface area contributed by atoms with Crippen LogP contribution in [0.2, 0.25) is 0 Å². The minimum Gasteiger partial charge on any atom is -0.396 e. The monoisotopic (exact) mass is 179 g/mol. The van der Waals surface area contributed by atoms with Crippen molar-refractivity contribution in [2.75, 3.05) is 6.61 Å². The molecule has 1 aromatic carbocycles. The summed E-state index contributed by atoms with van der Waals surface area (Å²) in [5.74, 6) is -0.731. The lowest BCUT2D eigenvalue weighted by atomic mass is 9.97. The van der Waals surface area contributed by atoms with Crippen LogP contribution in [0.5, 0.6) is 0 Å². The summed E-state index contributed by atoms with van der Waals surface area (Å²) < 4.78 is 13.0. The maximum atomic E-state index is 13.0. The molecular weight excluding hydrogens is 169 g/mol. The lowest BCUT2D eigenvalue weighted by molar-refractivity contribution is 0.272. The number of nitriles is 1. The molecule has 0 heterocycles. The normalized spacial score (nSPS) is 12.2. The SMILES string of the molecule is CC(CO)c1cccc(F)c1C#N. The molecule has 1 atom stereocenters. The van der Waals surface area contributed by atoms with Crippen molar-refractivity contribution in [3.8, 4) is 6.07 Å². The number of halogens is 1. The van der Waals surface area contributed by atoms with Crippen LogP contribution in [0.25, 0.3) is 0 Å². The molecule has 0 aliphatic carbocycles. The van der Waals surface area contributed by atoms with Crippen LogP contribution in [0.3, 0.4) is 0 Å². The molecule has 0 aliphatic rings. The first-order valence-corrected chi connectivity index (χ1v) is 4.00. The lowest BCUT2D eigenvalue weighted by Gasteiger charge is -2.09. The van der Waals surface area contributed by atoms with Gasteiger partial charge in [0, 0.05) is 12.5 Å². The topological polar surface area (TPSA) is 44.0 Å². The van der Waals surface area contributed by atoms with Crippen molar-refractivity contribution in [1.82, 2.24) is 0 Å². The summed E-state index contributed by atoms with van der Waals surface area (Å²) in [6.45, 7) is 1.66. The van der Waals surface area contributed by atoms with Gasteiger partial charge in [0.1, 0.15) is 11.9 Å². The standard InChI is InChI=1S/C10H10FNO/c1-7(6-13)8-3-2-4-10(11)9(8)5-12/h2-4,7,13H,6H2,1H3. The molecule has 0 spiro atoms. The molecule has 0 aliphatic heterocycles. The number of hydrogen-bond donors (Lipinski definition) is 1. The third-order valence-electron chi connectivity index (χ3n) is 1.96. The van der Waals surface area contributed by atoms with Gasteiger partial charge in [0.2, 0.25) is 0 Å². The summed E-state index contributed by atoms with van der Waals surface area (Å²) in [5.41, 5.74) is 0.592. The van der Waals surface area contributed by atoms with Crippen molar-refractivity contribution in [2.24, 2.45) is 0 Å². The maximum Gasteiger partial charge on any atom is 0.141 e. The van der Waals surface area contributed by atoms with E-state index in [-0.39, 0.29) is 18.1 Å². The van der Waals surface area contributed by atoms with Crippen LogP contribution in [0.15, 0.2) is 18.2 Å². The highest BCUT2D eigenvalue weighted by atomic mass is 19.1. The van der Waals surface area contributed by atoms with Gasteiger partial charge in [-0.3, -0.25) is 0 Å². The van der Waals surface area contributed by atoms with Gasteiger partial charge in [-0.15, -0.1) is 0 Å². The summed E-state index contributed by atoms with van der Waals surface area (Å²) in [4.78, 5) is 0. The van der Waals surface area contributed by atoms with Crippen LogP contribution in [0, 0.1) is 17.1 Å². The summed E-state index contributed by atoms with van der Waals surface area (Å²) >= 11 is 0. The molecule has 1 unspecified atom stereocenters. The second kappa shape index (κ2) is 4.01.